The third kappa shape index (κ3) is 6.39. The lowest BCUT2D eigenvalue weighted by Crippen LogP contribution is -2.19. The molecule has 2 aromatic rings. The number of aliphatic carboxylic acids is 2. The molecule has 1 saturated heterocycles. The van der Waals surface area contributed by atoms with Gasteiger partial charge in [-0.05, 0) is 19.4 Å². The molecule has 8 heteroatoms. The first kappa shape index (κ1) is 22.5. The number of aliphatic imine (C=N–C) groups is 1. The van der Waals surface area contributed by atoms with Gasteiger partial charge in [0, 0.05) is 66.5 Å². The molecule has 3 rings (SSSR count). The van der Waals surface area contributed by atoms with E-state index in [4.69, 9.17) is 15.2 Å². The number of likely N-dealkylation sites (tertiary alicyclic amines) is 1. The van der Waals surface area contributed by atoms with Gasteiger partial charge in [-0.1, -0.05) is 18.2 Å². The van der Waals surface area contributed by atoms with Crippen molar-refractivity contribution in [2.24, 2.45) is 12.0 Å². The van der Waals surface area contributed by atoms with E-state index in [1.807, 2.05) is 11.8 Å². The maximum Gasteiger partial charge on any atom is 0.328 e. The van der Waals surface area contributed by atoms with Gasteiger partial charge in [0.1, 0.15) is 0 Å². The lowest BCUT2D eigenvalue weighted by Gasteiger charge is -2.10. The van der Waals surface area contributed by atoms with Crippen LogP contribution in [0.15, 0.2) is 46.3 Å². The van der Waals surface area contributed by atoms with E-state index in [0.717, 1.165) is 25.3 Å². The number of amidine groups is 1. The topological polar surface area (TPSA) is 95.1 Å². The van der Waals surface area contributed by atoms with Crippen molar-refractivity contribution < 1.29 is 19.8 Å². The molecule has 0 aliphatic carbocycles. The molecule has 29 heavy (non-hydrogen) atoms. The van der Waals surface area contributed by atoms with Gasteiger partial charge in [-0.3, -0.25) is 4.99 Å². The zero-order chi connectivity index (χ0) is 21.4. The van der Waals surface area contributed by atoms with E-state index in [9.17, 15) is 9.59 Å². The summed E-state index contributed by atoms with van der Waals surface area (Å²) in [5.74, 6) is -0.184. The SMILES string of the molecule is Cc1c(SCCN=C2CCCN2C)c2ccccc2n1C.O=C(O)C=CC(=O)O. The van der Waals surface area contributed by atoms with E-state index in [0.29, 0.717) is 12.2 Å². The molecule has 2 heterocycles. The van der Waals surface area contributed by atoms with Crippen LogP contribution in [0.25, 0.3) is 10.9 Å². The normalized spacial score (nSPS) is 15.1. The summed E-state index contributed by atoms with van der Waals surface area (Å²) in [4.78, 5) is 27.6. The van der Waals surface area contributed by atoms with Crippen LogP contribution in [-0.4, -0.2) is 63.3 Å². The fourth-order valence-electron chi connectivity index (χ4n) is 3.13. The zero-order valence-corrected chi connectivity index (χ0v) is 17.8. The molecule has 2 N–H and O–H groups in total. The number of thioether (sulfide) groups is 1. The van der Waals surface area contributed by atoms with Crippen molar-refractivity contribution in [1.29, 1.82) is 0 Å². The summed E-state index contributed by atoms with van der Waals surface area (Å²) in [7, 11) is 4.29. The quantitative estimate of drug-likeness (QED) is 0.425. The van der Waals surface area contributed by atoms with Crippen LogP contribution in [0.4, 0.5) is 0 Å². The predicted octanol–water partition coefficient (Wildman–Crippen LogP) is 3.41. The summed E-state index contributed by atoms with van der Waals surface area (Å²) in [6.45, 7) is 4.28. The van der Waals surface area contributed by atoms with Gasteiger partial charge in [0.2, 0.25) is 0 Å². The Morgan fingerprint density at radius 3 is 2.41 bits per heavy atom. The second-order valence-electron chi connectivity index (χ2n) is 6.67. The first-order chi connectivity index (χ1) is 13.8. The molecule has 156 valence electrons. The number of nitrogens with zero attached hydrogens (tertiary/aromatic N) is 3. The van der Waals surface area contributed by atoms with Gasteiger partial charge in [-0.15, -0.1) is 11.8 Å². The van der Waals surface area contributed by atoms with Crippen molar-refractivity contribution >= 4 is 40.4 Å². The molecular weight excluding hydrogens is 390 g/mol. The van der Waals surface area contributed by atoms with Crippen LogP contribution in [0, 0.1) is 6.92 Å². The lowest BCUT2D eigenvalue weighted by molar-refractivity contribution is -0.134. The Labute approximate surface area is 174 Å². The molecule has 0 bridgehead atoms. The van der Waals surface area contributed by atoms with Crippen LogP contribution in [-0.2, 0) is 16.6 Å². The van der Waals surface area contributed by atoms with Gasteiger partial charge < -0.3 is 19.7 Å². The average molecular weight is 418 g/mol. The molecule has 1 aromatic heterocycles. The molecule has 1 aromatic carbocycles. The zero-order valence-electron chi connectivity index (χ0n) is 17.0. The highest BCUT2D eigenvalue weighted by Gasteiger charge is 2.14. The molecule has 1 fully saturated rings. The van der Waals surface area contributed by atoms with Crippen LogP contribution in [0.3, 0.4) is 0 Å². The predicted molar refractivity (Wildman–Crippen MR) is 117 cm³/mol. The maximum absolute atomic E-state index is 9.55. The number of rotatable bonds is 6. The summed E-state index contributed by atoms with van der Waals surface area (Å²) in [6.07, 6.45) is 3.52. The molecule has 0 unspecified atom stereocenters. The van der Waals surface area contributed by atoms with E-state index in [-0.39, 0.29) is 0 Å². The molecule has 0 atom stereocenters. The standard InChI is InChI=1S/C17H23N3S.C4H4O4/c1-13-17(14-7-4-5-8-15(14)20(13)3)21-12-10-18-16-9-6-11-19(16)2;5-3(6)1-2-4(7)8/h4-5,7-8H,6,9-12H2,1-3H3;1-2H,(H,5,6)(H,7,8). The van der Waals surface area contributed by atoms with E-state index < -0.39 is 11.9 Å². The fraction of sp³-hybridized carbons (Fsp3) is 0.381. The van der Waals surface area contributed by atoms with E-state index >= 15 is 0 Å². The summed E-state index contributed by atoms with van der Waals surface area (Å²) in [5.41, 5.74) is 2.67. The van der Waals surface area contributed by atoms with Crippen molar-refractivity contribution in [3.8, 4) is 0 Å². The highest BCUT2D eigenvalue weighted by atomic mass is 32.2. The third-order valence-electron chi connectivity index (χ3n) is 4.68. The van der Waals surface area contributed by atoms with Crippen molar-refractivity contribution in [3.63, 3.8) is 0 Å². The number of benzene rings is 1. The number of fused-ring (bicyclic) bond motifs is 1. The van der Waals surface area contributed by atoms with E-state index in [1.165, 1.54) is 33.7 Å². The Kier molecular flexibility index (Phi) is 8.33. The number of aryl methyl sites for hydroxylation is 1. The summed E-state index contributed by atoms with van der Waals surface area (Å²) >= 11 is 1.94. The van der Waals surface area contributed by atoms with Gasteiger partial charge >= 0.3 is 11.9 Å². The Morgan fingerprint density at radius 2 is 1.83 bits per heavy atom. The van der Waals surface area contributed by atoms with Gasteiger partial charge in [-0.2, -0.15) is 0 Å². The minimum atomic E-state index is -1.26. The number of hydrogen-bond acceptors (Lipinski definition) is 4. The third-order valence-corrected chi connectivity index (χ3v) is 5.87. The van der Waals surface area contributed by atoms with Crippen LogP contribution in [0.1, 0.15) is 18.5 Å². The van der Waals surface area contributed by atoms with Crippen LogP contribution < -0.4 is 0 Å². The Hall–Kier alpha value is -2.74. The highest BCUT2D eigenvalue weighted by molar-refractivity contribution is 7.99. The average Bonchev–Trinajstić information content (AvgIpc) is 3.20. The smallest absolute Gasteiger partial charge is 0.328 e. The molecule has 1 aliphatic rings. The van der Waals surface area contributed by atoms with Crippen LogP contribution in [0.2, 0.25) is 0 Å². The minimum absolute atomic E-state index is 0.558. The molecule has 7 nitrogen and oxygen atoms in total. The fourth-order valence-corrected chi connectivity index (χ4v) is 4.19. The summed E-state index contributed by atoms with van der Waals surface area (Å²) in [6, 6.07) is 8.65. The molecule has 1 aliphatic heterocycles. The largest absolute Gasteiger partial charge is 0.478 e. The molecular formula is C21H27N3O4S. The number of hydrogen-bond donors (Lipinski definition) is 2. The number of para-hydroxylation sites is 1. The summed E-state index contributed by atoms with van der Waals surface area (Å²) < 4.78 is 2.29. The van der Waals surface area contributed by atoms with Gasteiger partial charge in [-0.25, -0.2) is 9.59 Å². The first-order valence-corrected chi connectivity index (χ1v) is 10.3. The monoisotopic (exact) mass is 417 g/mol. The van der Waals surface area contributed by atoms with Crippen LogP contribution in [0.5, 0.6) is 0 Å². The second kappa shape index (κ2) is 10.7. The Bertz CT molecular complexity index is 917. The van der Waals surface area contributed by atoms with E-state index in [2.05, 4.69) is 54.8 Å². The van der Waals surface area contributed by atoms with Crippen molar-refractivity contribution in [2.75, 3.05) is 25.9 Å². The van der Waals surface area contributed by atoms with Gasteiger partial charge in [0.05, 0.1) is 12.4 Å². The lowest BCUT2D eigenvalue weighted by atomic mass is 10.2. The highest BCUT2D eigenvalue weighted by Crippen LogP contribution is 2.33. The van der Waals surface area contributed by atoms with Crippen molar-refractivity contribution in [3.05, 3.63) is 42.1 Å². The summed E-state index contributed by atoms with van der Waals surface area (Å²) in [5, 5.41) is 17.0. The van der Waals surface area contributed by atoms with Crippen molar-refractivity contribution in [1.82, 2.24) is 9.47 Å². The maximum atomic E-state index is 9.55. The number of aromatic nitrogens is 1. The van der Waals surface area contributed by atoms with Crippen LogP contribution >= 0.6 is 11.8 Å². The minimum Gasteiger partial charge on any atom is -0.478 e. The van der Waals surface area contributed by atoms with Gasteiger partial charge in [0.25, 0.3) is 0 Å². The Balaban J connectivity index is 0.000000321. The molecule has 0 spiro atoms. The van der Waals surface area contributed by atoms with Gasteiger partial charge in [0.15, 0.2) is 0 Å². The second-order valence-corrected chi connectivity index (χ2v) is 7.78. The molecule has 0 amide bonds. The number of carboxylic acid groups (broad SMARTS) is 2. The Morgan fingerprint density at radius 1 is 1.17 bits per heavy atom. The van der Waals surface area contributed by atoms with E-state index in [1.54, 1.807) is 0 Å². The number of carboxylic acids is 2. The number of carbonyl (C=O) groups is 2. The molecule has 0 saturated carbocycles. The first-order valence-electron chi connectivity index (χ1n) is 9.36. The van der Waals surface area contributed by atoms with Crippen molar-refractivity contribution in [2.45, 2.75) is 24.7 Å². The molecule has 0 radical (unpaired) electrons.